The van der Waals surface area contributed by atoms with Crippen LogP contribution in [0.1, 0.15) is 23.5 Å². The molecular formula is C24H19NO. The molecule has 1 amide bonds. The number of hydrogen-bond donors (Lipinski definition) is 0. The normalized spacial score (nSPS) is 16.9. The summed E-state index contributed by atoms with van der Waals surface area (Å²) < 4.78 is 0. The molecule has 2 nitrogen and oxygen atoms in total. The van der Waals surface area contributed by atoms with Crippen LogP contribution in [-0.2, 0) is 4.79 Å². The van der Waals surface area contributed by atoms with Crippen molar-refractivity contribution in [2.24, 2.45) is 0 Å². The summed E-state index contributed by atoms with van der Waals surface area (Å²) in [5.74, 6) is 0.260. The average Bonchev–Trinajstić information content (AvgIpc) is 2.70. The lowest BCUT2D eigenvalue weighted by Crippen LogP contribution is -2.33. The van der Waals surface area contributed by atoms with Crippen molar-refractivity contribution in [1.82, 2.24) is 0 Å². The molecule has 1 unspecified atom stereocenters. The second-order valence-corrected chi connectivity index (χ2v) is 7.04. The first-order valence-electron chi connectivity index (χ1n) is 8.99. The summed E-state index contributed by atoms with van der Waals surface area (Å²) in [6, 6.07) is 27.6. The van der Waals surface area contributed by atoms with Crippen molar-refractivity contribution < 1.29 is 4.79 Å². The quantitative estimate of drug-likeness (QED) is 0.450. The highest BCUT2D eigenvalue weighted by atomic mass is 16.2. The van der Waals surface area contributed by atoms with E-state index in [4.69, 9.17) is 0 Å². The van der Waals surface area contributed by atoms with Gasteiger partial charge in [-0.25, -0.2) is 0 Å². The predicted molar refractivity (Wildman–Crippen MR) is 108 cm³/mol. The van der Waals surface area contributed by atoms with Gasteiger partial charge >= 0.3 is 0 Å². The number of amides is 1. The summed E-state index contributed by atoms with van der Waals surface area (Å²) in [4.78, 5) is 14.5. The Morgan fingerprint density at radius 3 is 2.35 bits per heavy atom. The molecule has 4 aromatic rings. The zero-order valence-electron chi connectivity index (χ0n) is 14.6. The summed E-state index contributed by atoms with van der Waals surface area (Å²) in [6.45, 7) is 0. The van der Waals surface area contributed by atoms with Crippen molar-refractivity contribution in [3.8, 4) is 0 Å². The molecule has 26 heavy (non-hydrogen) atoms. The molecule has 4 aromatic carbocycles. The van der Waals surface area contributed by atoms with Crippen molar-refractivity contribution in [2.75, 3.05) is 11.9 Å². The molecule has 1 heterocycles. The summed E-state index contributed by atoms with van der Waals surface area (Å²) in [5.41, 5.74) is 3.50. The third-order valence-electron chi connectivity index (χ3n) is 5.59. The smallest absolute Gasteiger partial charge is 0.227 e. The van der Waals surface area contributed by atoms with Gasteiger partial charge in [0.05, 0.1) is 0 Å². The van der Waals surface area contributed by atoms with Gasteiger partial charge in [0.25, 0.3) is 0 Å². The van der Waals surface area contributed by atoms with Gasteiger partial charge in [0.15, 0.2) is 0 Å². The van der Waals surface area contributed by atoms with E-state index in [0.29, 0.717) is 6.42 Å². The number of fused-ring (bicyclic) bond motifs is 4. The van der Waals surface area contributed by atoms with E-state index in [1.165, 1.54) is 32.7 Å². The number of carbonyl (C=O) groups is 1. The first-order valence-corrected chi connectivity index (χ1v) is 8.99. The predicted octanol–water partition coefficient (Wildman–Crippen LogP) is 5.49. The lowest BCUT2D eigenvalue weighted by atomic mass is 9.81. The second kappa shape index (κ2) is 5.70. The van der Waals surface area contributed by atoms with Crippen LogP contribution in [0.3, 0.4) is 0 Å². The van der Waals surface area contributed by atoms with Gasteiger partial charge in [-0.05, 0) is 38.7 Å². The Hall–Kier alpha value is -3.13. The van der Waals surface area contributed by atoms with E-state index < -0.39 is 0 Å². The third-order valence-corrected chi connectivity index (χ3v) is 5.59. The lowest BCUT2D eigenvalue weighted by molar-refractivity contribution is -0.118. The van der Waals surface area contributed by atoms with E-state index >= 15 is 0 Å². The Bertz CT molecular complexity index is 1160. The van der Waals surface area contributed by atoms with Gasteiger partial charge in [0.2, 0.25) is 5.91 Å². The van der Waals surface area contributed by atoms with E-state index in [2.05, 4.69) is 78.9 Å². The van der Waals surface area contributed by atoms with Crippen molar-refractivity contribution >= 4 is 33.1 Å². The van der Waals surface area contributed by atoms with Gasteiger partial charge in [-0.15, -0.1) is 0 Å². The number of rotatable bonds is 1. The monoisotopic (exact) mass is 337 g/mol. The third kappa shape index (κ3) is 2.22. The van der Waals surface area contributed by atoms with Crippen LogP contribution < -0.4 is 4.90 Å². The fourth-order valence-electron chi connectivity index (χ4n) is 4.20. The number of carbonyl (C=O) groups excluding carboxylic acids is 1. The summed E-state index contributed by atoms with van der Waals surface area (Å²) in [7, 11) is 1.88. The molecule has 5 rings (SSSR count). The van der Waals surface area contributed by atoms with Crippen LogP contribution >= 0.6 is 0 Å². The molecule has 0 fully saturated rings. The first kappa shape index (κ1) is 15.2. The van der Waals surface area contributed by atoms with Crippen LogP contribution in [0.15, 0.2) is 78.9 Å². The van der Waals surface area contributed by atoms with Crippen LogP contribution in [0.5, 0.6) is 0 Å². The topological polar surface area (TPSA) is 20.3 Å². The van der Waals surface area contributed by atoms with Crippen LogP contribution in [0.25, 0.3) is 21.5 Å². The van der Waals surface area contributed by atoms with E-state index in [0.717, 1.165) is 5.69 Å². The average molecular weight is 337 g/mol. The Kier molecular flexibility index (Phi) is 3.32. The molecule has 0 spiro atoms. The van der Waals surface area contributed by atoms with Crippen LogP contribution in [0, 0.1) is 0 Å². The van der Waals surface area contributed by atoms with Gasteiger partial charge in [-0.3, -0.25) is 4.79 Å². The number of anilines is 1. The van der Waals surface area contributed by atoms with Crippen molar-refractivity contribution in [1.29, 1.82) is 0 Å². The molecule has 0 N–H and O–H groups in total. The molecule has 0 aromatic heterocycles. The van der Waals surface area contributed by atoms with Crippen LogP contribution in [0.4, 0.5) is 5.69 Å². The molecule has 1 atom stereocenters. The van der Waals surface area contributed by atoms with Gasteiger partial charge in [-0.1, -0.05) is 72.8 Å². The second-order valence-electron chi connectivity index (χ2n) is 7.04. The van der Waals surface area contributed by atoms with Gasteiger partial charge in [0, 0.05) is 25.1 Å². The zero-order valence-corrected chi connectivity index (χ0v) is 14.6. The van der Waals surface area contributed by atoms with Crippen LogP contribution in [-0.4, -0.2) is 13.0 Å². The maximum Gasteiger partial charge on any atom is 0.227 e. The van der Waals surface area contributed by atoms with Crippen molar-refractivity contribution in [3.05, 3.63) is 90.0 Å². The van der Waals surface area contributed by atoms with E-state index in [-0.39, 0.29) is 11.8 Å². The molecule has 0 saturated heterocycles. The maximum atomic E-state index is 12.7. The van der Waals surface area contributed by atoms with Crippen molar-refractivity contribution in [3.63, 3.8) is 0 Å². The molecular weight excluding hydrogens is 318 g/mol. The minimum atomic E-state index is 0.0874. The largest absolute Gasteiger partial charge is 0.315 e. The highest BCUT2D eigenvalue weighted by Crippen LogP contribution is 2.43. The van der Waals surface area contributed by atoms with E-state index in [1.807, 2.05) is 7.05 Å². The number of nitrogens with zero attached hydrogens (tertiary/aromatic N) is 1. The fraction of sp³-hybridized carbons (Fsp3) is 0.125. The summed E-state index contributed by atoms with van der Waals surface area (Å²) >= 11 is 0. The molecule has 1 aliphatic heterocycles. The SMILES string of the molecule is CN1C(=O)CC(c2ccc3ccccc3c2)c2c1ccc1ccccc21. The minimum Gasteiger partial charge on any atom is -0.315 e. The van der Waals surface area contributed by atoms with E-state index in [1.54, 1.807) is 4.90 Å². The minimum absolute atomic E-state index is 0.0874. The Morgan fingerprint density at radius 2 is 1.50 bits per heavy atom. The van der Waals surface area contributed by atoms with E-state index in [9.17, 15) is 4.79 Å². The maximum absolute atomic E-state index is 12.7. The molecule has 2 heteroatoms. The van der Waals surface area contributed by atoms with Gasteiger partial charge < -0.3 is 4.90 Å². The highest BCUT2D eigenvalue weighted by Gasteiger charge is 2.31. The van der Waals surface area contributed by atoms with Gasteiger partial charge in [-0.2, -0.15) is 0 Å². The van der Waals surface area contributed by atoms with Crippen molar-refractivity contribution in [2.45, 2.75) is 12.3 Å². The Balaban J connectivity index is 1.78. The number of benzene rings is 4. The first-order chi connectivity index (χ1) is 12.7. The standard InChI is InChI=1S/C24H19NO/c1-25-22-13-12-17-7-4-5-9-20(17)24(22)21(15-23(25)26)19-11-10-16-6-2-3-8-18(16)14-19/h2-14,21H,15H2,1H3. The Morgan fingerprint density at radius 1 is 0.808 bits per heavy atom. The molecule has 126 valence electrons. The summed E-state index contributed by atoms with van der Waals surface area (Å²) in [5, 5.41) is 4.91. The van der Waals surface area contributed by atoms with Crippen LogP contribution in [0.2, 0.25) is 0 Å². The summed E-state index contributed by atoms with van der Waals surface area (Å²) in [6.07, 6.45) is 0.510. The zero-order chi connectivity index (χ0) is 17.7. The lowest BCUT2D eigenvalue weighted by Gasteiger charge is -2.33. The van der Waals surface area contributed by atoms with Gasteiger partial charge in [0.1, 0.15) is 0 Å². The number of hydrogen-bond acceptors (Lipinski definition) is 1. The molecule has 0 bridgehead atoms. The molecule has 0 saturated carbocycles. The molecule has 1 aliphatic rings. The fourth-order valence-corrected chi connectivity index (χ4v) is 4.20. The molecule has 0 aliphatic carbocycles. The Labute approximate surface area is 152 Å². The highest BCUT2D eigenvalue weighted by molar-refractivity contribution is 6.03. The molecule has 0 radical (unpaired) electrons.